The maximum absolute atomic E-state index is 12.0. The van der Waals surface area contributed by atoms with Crippen LogP contribution in [-0.2, 0) is 4.79 Å². The molecule has 0 bridgehead atoms. The van der Waals surface area contributed by atoms with Crippen molar-refractivity contribution in [2.45, 2.75) is 46.7 Å². The van der Waals surface area contributed by atoms with E-state index < -0.39 is 0 Å². The first-order valence-corrected chi connectivity index (χ1v) is 7.60. The molecular weight excluding hydrogens is 300 g/mol. The first kappa shape index (κ1) is 20.7. The fourth-order valence-corrected chi connectivity index (χ4v) is 1.78. The maximum atomic E-state index is 12.0. The predicted octanol–water partition coefficient (Wildman–Crippen LogP) is 3.30. The Bertz CT molecular complexity index is 446. The van der Waals surface area contributed by atoms with Gasteiger partial charge in [-0.3, -0.25) is 4.79 Å². The van der Waals surface area contributed by atoms with Crippen molar-refractivity contribution >= 4 is 18.3 Å². The molecule has 22 heavy (non-hydrogen) atoms. The van der Waals surface area contributed by atoms with Crippen molar-refractivity contribution < 1.29 is 9.53 Å². The number of hydrogen-bond acceptors (Lipinski definition) is 3. The van der Waals surface area contributed by atoms with Gasteiger partial charge in [-0.05, 0) is 37.5 Å². The molecule has 0 fully saturated rings. The fraction of sp³-hybridized carbons (Fsp3) is 0.588. The van der Waals surface area contributed by atoms with Gasteiger partial charge in [0.05, 0.1) is 12.6 Å². The summed E-state index contributed by atoms with van der Waals surface area (Å²) < 4.78 is 5.65. The molecule has 3 N–H and O–H groups in total. The standard InChI is InChI=1S/C17H28N2O2.ClH/c1-11(2)10-21-16-8-6-15(7-9-16)14(5)19-17(20)12(3)13(4)18;/h6-9,11-14H,10,18H2,1-5H3,(H,19,20);1H. The van der Waals surface area contributed by atoms with Crippen molar-refractivity contribution in [2.75, 3.05) is 6.61 Å². The van der Waals surface area contributed by atoms with Gasteiger partial charge in [-0.1, -0.05) is 32.9 Å². The highest BCUT2D eigenvalue weighted by Crippen LogP contribution is 2.18. The van der Waals surface area contributed by atoms with Crippen LogP contribution in [0.5, 0.6) is 5.75 Å². The molecule has 0 saturated carbocycles. The summed E-state index contributed by atoms with van der Waals surface area (Å²) in [6.07, 6.45) is 0. The highest BCUT2D eigenvalue weighted by atomic mass is 35.5. The Morgan fingerprint density at radius 1 is 1.14 bits per heavy atom. The normalized spacial score (nSPS) is 14.7. The summed E-state index contributed by atoms with van der Waals surface area (Å²) in [6, 6.07) is 7.65. The van der Waals surface area contributed by atoms with Crippen LogP contribution in [0.4, 0.5) is 0 Å². The zero-order chi connectivity index (χ0) is 16.0. The smallest absolute Gasteiger partial charge is 0.224 e. The number of benzene rings is 1. The lowest BCUT2D eigenvalue weighted by Gasteiger charge is -2.20. The Morgan fingerprint density at radius 3 is 2.14 bits per heavy atom. The molecule has 1 aromatic rings. The van der Waals surface area contributed by atoms with Crippen LogP contribution < -0.4 is 15.8 Å². The summed E-state index contributed by atoms with van der Waals surface area (Å²) in [6.45, 7) is 10.6. The van der Waals surface area contributed by atoms with Crippen molar-refractivity contribution in [3.63, 3.8) is 0 Å². The lowest BCUT2D eigenvalue weighted by molar-refractivity contribution is -0.125. The van der Waals surface area contributed by atoms with Gasteiger partial charge in [-0.25, -0.2) is 0 Å². The van der Waals surface area contributed by atoms with Gasteiger partial charge < -0.3 is 15.8 Å². The molecule has 0 spiro atoms. The molecule has 0 aliphatic heterocycles. The number of carbonyl (C=O) groups excluding carboxylic acids is 1. The third kappa shape index (κ3) is 6.67. The number of amides is 1. The molecule has 1 rings (SSSR count). The molecule has 0 aliphatic carbocycles. The minimum Gasteiger partial charge on any atom is -0.493 e. The monoisotopic (exact) mass is 328 g/mol. The van der Waals surface area contributed by atoms with Crippen molar-refractivity contribution in [3.05, 3.63) is 29.8 Å². The molecule has 0 saturated heterocycles. The van der Waals surface area contributed by atoms with Gasteiger partial charge in [0.25, 0.3) is 0 Å². The van der Waals surface area contributed by atoms with E-state index in [9.17, 15) is 4.79 Å². The summed E-state index contributed by atoms with van der Waals surface area (Å²) >= 11 is 0. The number of nitrogens with one attached hydrogen (secondary N) is 1. The zero-order valence-corrected chi connectivity index (χ0v) is 14.9. The largest absolute Gasteiger partial charge is 0.493 e. The SMILES string of the molecule is CC(C)COc1ccc(C(C)NC(=O)C(C)C(C)N)cc1.Cl. The molecule has 1 amide bonds. The quantitative estimate of drug-likeness (QED) is 0.807. The van der Waals surface area contributed by atoms with E-state index in [1.54, 1.807) is 0 Å². The van der Waals surface area contributed by atoms with Crippen LogP contribution >= 0.6 is 12.4 Å². The number of halogens is 1. The summed E-state index contributed by atoms with van der Waals surface area (Å²) in [5.41, 5.74) is 6.80. The number of hydrogen-bond donors (Lipinski definition) is 2. The molecule has 3 unspecified atom stereocenters. The highest BCUT2D eigenvalue weighted by Gasteiger charge is 2.19. The molecule has 4 nitrogen and oxygen atoms in total. The lowest BCUT2D eigenvalue weighted by Crippen LogP contribution is -2.39. The minimum absolute atomic E-state index is 0. The second kappa shape index (κ2) is 9.70. The summed E-state index contributed by atoms with van der Waals surface area (Å²) in [7, 11) is 0. The van der Waals surface area contributed by atoms with Crippen LogP contribution in [0.15, 0.2) is 24.3 Å². The lowest BCUT2D eigenvalue weighted by atomic mass is 10.0. The van der Waals surface area contributed by atoms with E-state index in [0.717, 1.165) is 11.3 Å². The molecular formula is C17H29ClN2O2. The van der Waals surface area contributed by atoms with E-state index in [0.29, 0.717) is 12.5 Å². The van der Waals surface area contributed by atoms with Crippen LogP contribution in [0.3, 0.4) is 0 Å². The molecule has 1 aromatic carbocycles. The Hall–Kier alpha value is -1.26. The fourth-order valence-electron chi connectivity index (χ4n) is 1.78. The van der Waals surface area contributed by atoms with Gasteiger partial charge in [0.1, 0.15) is 5.75 Å². The minimum atomic E-state index is -0.193. The van der Waals surface area contributed by atoms with E-state index >= 15 is 0 Å². The summed E-state index contributed by atoms with van der Waals surface area (Å²) in [5.74, 6) is 1.15. The molecule has 0 radical (unpaired) electrons. The molecule has 0 aromatic heterocycles. The van der Waals surface area contributed by atoms with Crippen molar-refractivity contribution in [2.24, 2.45) is 17.6 Å². The van der Waals surface area contributed by atoms with Crippen LogP contribution in [-0.4, -0.2) is 18.6 Å². The Balaban J connectivity index is 0.00000441. The maximum Gasteiger partial charge on any atom is 0.224 e. The van der Waals surface area contributed by atoms with Crippen molar-refractivity contribution in [1.82, 2.24) is 5.32 Å². The number of nitrogens with two attached hydrogens (primary N) is 1. The number of carbonyl (C=O) groups is 1. The third-order valence-electron chi connectivity index (χ3n) is 3.52. The van der Waals surface area contributed by atoms with Gasteiger partial charge in [0.15, 0.2) is 0 Å². The Morgan fingerprint density at radius 2 is 1.68 bits per heavy atom. The summed E-state index contributed by atoms with van der Waals surface area (Å²) in [4.78, 5) is 12.0. The van der Waals surface area contributed by atoms with Crippen LogP contribution in [0.25, 0.3) is 0 Å². The molecule has 0 aliphatic rings. The van der Waals surface area contributed by atoms with E-state index in [1.165, 1.54) is 0 Å². The van der Waals surface area contributed by atoms with Crippen LogP contribution in [0.1, 0.15) is 46.2 Å². The number of rotatable bonds is 7. The van der Waals surface area contributed by atoms with Crippen LogP contribution in [0, 0.1) is 11.8 Å². The first-order chi connectivity index (χ1) is 9.81. The second-order valence-corrected chi connectivity index (χ2v) is 6.15. The summed E-state index contributed by atoms with van der Waals surface area (Å²) in [5, 5.41) is 2.99. The van der Waals surface area contributed by atoms with Crippen LogP contribution in [0.2, 0.25) is 0 Å². The van der Waals surface area contributed by atoms with Gasteiger partial charge >= 0.3 is 0 Å². The molecule has 5 heteroatoms. The van der Waals surface area contributed by atoms with Crippen molar-refractivity contribution in [3.8, 4) is 5.75 Å². The van der Waals surface area contributed by atoms with Gasteiger partial charge in [-0.15, -0.1) is 12.4 Å². The van der Waals surface area contributed by atoms with Gasteiger partial charge in [0, 0.05) is 12.0 Å². The predicted molar refractivity (Wildman–Crippen MR) is 93.4 cm³/mol. The Labute approximate surface area is 140 Å². The molecule has 3 atom stereocenters. The van der Waals surface area contributed by atoms with E-state index in [1.807, 2.05) is 45.0 Å². The number of ether oxygens (including phenoxy) is 1. The molecule has 0 heterocycles. The van der Waals surface area contributed by atoms with E-state index in [4.69, 9.17) is 10.5 Å². The molecule has 126 valence electrons. The first-order valence-electron chi connectivity index (χ1n) is 7.60. The van der Waals surface area contributed by atoms with E-state index in [-0.39, 0.29) is 36.3 Å². The van der Waals surface area contributed by atoms with Gasteiger partial charge in [-0.2, -0.15) is 0 Å². The average Bonchev–Trinajstić information content (AvgIpc) is 2.44. The van der Waals surface area contributed by atoms with E-state index in [2.05, 4.69) is 19.2 Å². The topological polar surface area (TPSA) is 64.3 Å². The van der Waals surface area contributed by atoms with Gasteiger partial charge in [0.2, 0.25) is 5.91 Å². The van der Waals surface area contributed by atoms with Crippen molar-refractivity contribution in [1.29, 1.82) is 0 Å². The average molecular weight is 329 g/mol. The highest BCUT2D eigenvalue weighted by molar-refractivity contribution is 5.85. The second-order valence-electron chi connectivity index (χ2n) is 6.15. The third-order valence-corrected chi connectivity index (χ3v) is 3.52. The zero-order valence-electron chi connectivity index (χ0n) is 14.1. The Kier molecular flexibility index (Phi) is 9.14.